The van der Waals surface area contributed by atoms with Crippen molar-refractivity contribution < 1.29 is 39.3 Å². The molecule has 0 saturated heterocycles. The van der Waals surface area contributed by atoms with Crippen LogP contribution in [0.25, 0.3) is 0 Å². The fourth-order valence-electron chi connectivity index (χ4n) is 2.31. The Morgan fingerprint density at radius 3 is 1.90 bits per heavy atom. The van der Waals surface area contributed by atoms with Crippen LogP contribution < -0.4 is 10.7 Å². The first-order valence-electron chi connectivity index (χ1n) is 8.20. The van der Waals surface area contributed by atoms with Gasteiger partial charge in [-0.05, 0) is 30.3 Å². The molecule has 0 atom stereocenters. The number of carboxylic acid groups (broad SMARTS) is 3. The van der Waals surface area contributed by atoms with E-state index >= 15 is 0 Å². The van der Waals surface area contributed by atoms with Gasteiger partial charge in [0, 0.05) is 12.6 Å². The molecule has 11 heteroatoms. The highest BCUT2D eigenvalue weighted by Gasteiger charge is 2.20. The molecule has 0 saturated carbocycles. The monoisotopic (exact) mass is 413 g/mol. The predicted octanol–water partition coefficient (Wildman–Crippen LogP) is 1.78. The standard InChI is InChI=1S/C19H15N3O8/c1-9(23)15(22-21-14-5-3-2-4-13(14)19(29)30)16(24)20-12-7-10(17(25)26)6-11(8-12)18(27)28/h2-8,21H,1H3,(H,20,24)(H,25,26)(H,27,28)(H,29,30)/b22-15-. The number of benzene rings is 2. The first-order chi connectivity index (χ1) is 14.1. The van der Waals surface area contributed by atoms with Crippen LogP contribution in [0.3, 0.4) is 0 Å². The molecule has 0 radical (unpaired) electrons. The highest BCUT2D eigenvalue weighted by molar-refractivity contribution is 6.67. The maximum absolute atomic E-state index is 12.4. The normalized spacial score (nSPS) is 10.8. The maximum Gasteiger partial charge on any atom is 0.337 e. The van der Waals surface area contributed by atoms with E-state index in [2.05, 4.69) is 15.8 Å². The van der Waals surface area contributed by atoms with Crippen LogP contribution in [-0.2, 0) is 9.59 Å². The highest BCUT2D eigenvalue weighted by atomic mass is 16.4. The first kappa shape index (κ1) is 21.8. The third-order valence-electron chi connectivity index (χ3n) is 3.68. The number of hydrazone groups is 1. The molecule has 11 nitrogen and oxygen atoms in total. The number of carboxylic acids is 3. The number of hydrogen-bond acceptors (Lipinski definition) is 7. The average molecular weight is 413 g/mol. The van der Waals surface area contributed by atoms with Gasteiger partial charge >= 0.3 is 17.9 Å². The molecule has 0 aliphatic rings. The molecule has 30 heavy (non-hydrogen) atoms. The van der Waals surface area contributed by atoms with E-state index in [4.69, 9.17) is 15.3 Å². The van der Waals surface area contributed by atoms with Gasteiger partial charge in [-0.3, -0.25) is 15.0 Å². The van der Waals surface area contributed by atoms with E-state index in [1.165, 1.54) is 24.3 Å². The Labute approximate surface area is 168 Å². The fourth-order valence-corrected chi connectivity index (χ4v) is 2.31. The number of nitrogens with one attached hydrogen (secondary N) is 2. The van der Waals surface area contributed by atoms with E-state index in [1.54, 1.807) is 0 Å². The minimum atomic E-state index is -1.42. The molecule has 0 aromatic heterocycles. The number of anilines is 2. The number of amides is 1. The molecule has 2 rings (SSSR count). The van der Waals surface area contributed by atoms with Crippen molar-refractivity contribution in [3.63, 3.8) is 0 Å². The minimum Gasteiger partial charge on any atom is -0.478 e. The molecule has 0 heterocycles. The third kappa shape index (κ3) is 5.25. The highest BCUT2D eigenvalue weighted by Crippen LogP contribution is 2.17. The van der Waals surface area contributed by atoms with Gasteiger partial charge in [-0.1, -0.05) is 12.1 Å². The molecule has 0 fully saturated rings. The van der Waals surface area contributed by atoms with Crippen LogP contribution in [0.1, 0.15) is 38.0 Å². The van der Waals surface area contributed by atoms with Crippen molar-refractivity contribution in [2.24, 2.45) is 5.10 Å². The number of Topliss-reactive ketones (excluding diaryl/α,β-unsaturated/α-hetero) is 1. The van der Waals surface area contributed by atoms with E-state index in [9.17, 15) is 24.0 Å². The number of rotatable bonds is 8. The van der Waals surface area contributed by atoms with E-state index in [0.717, 1.165) is 25.1 Å². The molecular formula is C19H15N3O8. The number of carbonyl (C=O) groups is 5. The van der Waals surface area contributed by atoms with Crippen molar-refractivity contribution in [2.45, 2.75) is 6.92 Å². The van der Waals surface area contributed by atoms with E-state index in [-0.39, 0.29) is 28.1 Å². The Balaban J connectivity index is 2.34. The summed E-state index contributed by atoms with van der Waals surface area (Å²) < 4.78 is 0. The topological polar surface area (TPSA) is 182 Å². The second-order valence-corrected chi connectivity index (χ2v) is 5.84. The van der Waals surface area contributed by atoms with Crippen LogP contribution in [-0.4, -0.2) is 50.6 Å². The summed E-state index contributed by atoms with van der Waals surface area (Å²) >= 11 is 0. The van der Waals surface area contributed by atoms with Crippen molar-refractivity contribution in [2.75, 3.05) is 10.7 Å². The van der Waals surface area contributed by atoms with Gasteiger partial charge in [0.2, 0.25) is 0 Å². The quantitative estimate of drug-likeness (QED) is 0.244. The molecule has 0 aliphatic carbocycles. The van der Waals surface area contributed by atoms with E-state index in [0.29, 0.717) is 0 Å². The number of nitrogens with zero attached hydrogens (tertiary/aromatic N) is 1. The van der Waals surface area contributed by atoms with Gasteiger partial charge in [-0.2, -0.15) is 5.10 Å². The van der Waals surface area contributed by atoms with Gasteiger partial charge in [0.25, 0.3) is 5.91 Å². The summed E-state index contributed by atoms with van der Waals surface area (Å²) in [4.78, 5) is 57.8. The van der Waals surface area contributed by atoms with Crippen LogP contribution in [0.4, 0.5) is 11.4 Å². The van der Waals surface area contributed by atoms with Crippen LogP contribution in [0.15, 0.2) is 47.6 Å². The SMILES string of the molecule is CC(=O)/C(=N/Nc1ccccc1C(=O)O)C(=O)Nc1cc(C(=O)O)cc(C(=O)O)c1. The summed E-state index contributed by atoms with van der Waals surface area (Å²) in [5, 5.41) is 33.2. The van der Waals surface area contributed by atoms with Crippen LogP contribution >= 0.6 is 0 Å². The van der Waals surface area contributed by atoms with Crippen LogP contribution in [0, 0.1) is 0 Å². The lowest BCUT2D eigenvalue weighted by Gasteiger charge is -2.09. The number of hydrogen-bond donors (Lipinski definition) is 5. The second kappa shape index (κ2) is 9.10. The molecule has 5 N–H and O–H groups in total. The van der Waals surface area contributed by atoms with Gasteiger partial charge in [0.05, 0.1) is 22.4 Å². The first-order valence-corrected chi connectivity index (χ1v) is 8.20. The van der Waals surface area contributed by atoms with Gasteiger partial charge in [0.15, 0.2) is 11.5 Å². The van der Waals surface area contributed by atoms with Crippen LogP contribution in [0.2, 0.25) is 0 Å². The number of para-hydroxylation sites is 1. The van der Waals surface area contributed by atoms with Gasteiger partial charge in [-0.25, -0.2) is 14.4 Å². The fraction of sp³-hybridized carbons (Fsp3) is 0.0526. The smallest absolute Gasteiger partial charge is 0.337 e. The largest absolute Gasteiger partial charge is 0.478 e. The van der Waals surface area contributed by atoms with Crippen molar-refractivity contribution in [1.29, 1.82) is 0 Å². The lowest BCUT2D eigenvalue weighted by atomic mass is 10.1. The Bertz CT molecular complexity index is 1060. The molecule has 0 aliphatic heterocycles. The number of aromatic carboxylic acids is 3. The molecule has 1 amide bonds. The summed E-state index contributed by atoms with van der Waals surface area (Å²) in [5.74, 6) is -5.92. The number of ketones is 1. The zero-order valence-electron chi connectivity index (χ0n) is 15.4. The Morgan fingerprint density at radius 1 is 0.833 bits per heavy atom. The maximum atomic E-state index is 12.4. The Kier molecular flexibility index (Phi) is 6.60. The zero-order valence-corrected chi connectivity index (χ0v) is 15.4. The summed E-state index contributed by atoms with van der Waals surface area (Å²) in [6.07, 6.45) is 0. The lowest BCUT2D eigenvalue weighted by molar-refractivity contribution is -0.114. The molecule has 0 bridgehead atoms. The molecular weight excluding hydrogens is 398 g/mol. The summed E-state index contributed by atoms with van der Waals surface area (Å²) in [7, 11) is 0. The van der Waals surface area contributed by atoms with Gasteiger partial charge < -0.3 is 20.6 Å². The van der Waals surface area contributed by atoms with Crippen molar-refractivity contribution in [1.82, 2.24) is 0 Å². The Morgan fingerprint density at radius 2 is 1.40 bits per heavy atom. The summed E-state index contributed by atoms with van der Waals surface area (Å²) in [6, 6.07) is 8.59. The average Bonchev–Trinajstić information content (AvgIpc) is 2.67. The van der Waals surface area contributed by atoms with E-state index in [1.807, 2.05) is 0 Å². The molecule has 2 aromatic carbocycles. The Hall–Kier alpha value is -4.54. The summed E-state index contributed by atoms with van der Waals surface area (Å²) in [6.45, 7) is 1.04. The van der Waals surface area contributed by atoms with Crippen molar-refractivity contribution in [3.8, 4) is 0 Å². The van der Waals surface area contributed by atoms with Crippen LogP contribution in [0.5, 0.6) is 0 Å². The number of carbonyl (C=O) groups excluding carboxylic acids is 2. The zero-order chi connectivity index (χ0) is 22.4. The molecule has 2 aromatic rings. The third-order valence-corrected chi connectivity index (χ3v) is 3.68. The van der Waals surface area contributed by atoms with Crippen molar-refractivity contribution >= 4 is 46.7 Å². The van der Waals surface area contributed by atoms with Gasteiger partial charge in [0.1, 0.15) is 0 Å². The minimum absolute atomic E-state index is 0.0255. The van der Waals surface area contributed by atoms with Crippen molar-refractivity contribution in [3.05, 3.63) is 59.2 Å². The summed E-state index contributed by atoms with van der Waals surface area (Å²) in [5.41, 5.74) is 0.610. The molecule has 154 valence electrons. The molecule has 0 unspecified atom stereocenters. The predicted molar refractivity (Wildman–Crippen MR) is 104 cm³/mol. The van der Waals surface area contributed by atoms with Gasteiger partial charge in [-0.15, -0.1) is 0 Å². The van der Waals surface area contributed by atoms with E-state index < -0.39 is 35.3 Å². The lowest BCUT2D eigenvalue weighted by Crippen LogP contribution is -2.29. The molecule has 0 spiro atoms. The second-order valence-electron chi connectivity index (χ2n) is 5.84.